The second-order valence-electron chi connectivity index (χ2n) is 4.60. The molecule has 5 heteroatoms. The van der Waals surface area contributed by atoms with Gasteiger partial charge in [-0.25, -0.2) is 4.98 Å². The van der Waals surface area contributed by atoms with E-state index in [-0.39, 0.29) is 5.91 Å². The van der Waals surface area contributed by atoms with Gasteiger partial charge in [-0.15, -0.1) is 0 Å². The molecule has 106 valence electrons. The third-order valence-electron chi connectivity index (χ3n) is 2.79. The topological polar surface area (TPSA) is 57.3 Å². The highest BCUT2D eigenvalue weighted by atomic mass is 16.1. The summed E-state index contributed by atoms with van der Waals surface area (Å²) in [6, 6.07) is 5.99. The Balaban J connectivity index is 2.44. The van der Waals surface area contributed by atoms with Crippen molar-refractivity contribution in [1.82, 2.24) is 15.2 Å². The average molecular weight is 264 g/mol. The number of nitrogens with one attached hydrogen (secondary N) is 2. The van der Waals surface area contributed by atoms with E-state index in [9.17, 15) is 4.79 Å². The van der Waals surface area contributed by atoms with Crippen LogP contribution in [0.15, 0.2) is 18.2 Å². The summed E-state index contributed by atoms with van der Waals surface area (Å²) in [5.41, 5.74) is 1.01. The molecule has 0 aliphatic carbocycles. The molecule has 0 saturated heterocycles. The lowest BCUT2D eigenvalue weighted by Crippen LogP contribution is -2.26. The number of rotatable bonds is 8. The standard InChI is InChI=1S/C14H24N4O/c1-4-9-16-13-7-5-6-12(17-13)11-18(3)10-8-14(19)15-2/h5-7H,4,8-11H2,1-3H3,(H,15,19)(H,16,17). The quantitative estimate of drug-likeness (QED) is 0.746. The summed E-state index contributed by atoms with van der Waals surface area (Å²) < 4.78 is 0. The normalized spacial score (nSPS) is 10.5. The zero-order valence-electron chi connectivity index (χ0n) is 12.1. The molecule has 0 aliphatic heterocycles. The minimum atomic E-state index is 0.0678. The summed E-state index contributed by atoms with van der Waals surface area (Å²) in [5.74, 6) is 0.984. The largest absolute Gasteiger partial charge is 0.370 e. The highest BCUT2D eigenvalue weighted by Gasteiger charge is 2.05. The van der Waals surface area contributed by atoms with E-state index >= 15 is 0 Å². The molecule has 0 aliphatic rings. The summed E-state index contributed by atoms with van der Waals surface area (Å²) in [4.78, 5) is 17.8. The van der Waals surface area contributed by atoms with Crippen LogP contribution in [-0.2, 0) is 11.3 Å². The van der Waals surface area contributed by atoms with Gasteiger partial charge in [-0.05, 0) is 25.6 Å². The van der Waals surface area contributed by atoms with Gasteiger partial charge in [0.25, 0.3) is 0 Å². The van der Waals surface area contributed by atoms with Crippen molar-refractivity contribution in [3.63, 3.8) is 0 Å². The lowest BCUT2D eigenvalue weighted by Gasteiger charge is -2.16. The molecule has 19 heavy (non-hydrogen) atoms. The molecule has 0 atom stereocenters. The number of carbonyl (C=O) groups is 1. The summed E-state index contributed by atoms with van der Waals surface area (Å²) in [6.07, 6.45) is 1.60. The smallest absolute Gasteiger partial charge is 0.221 e. The van der Waals surface area contributed by atoms with Crippen molar-refractivity contribution in [1.29, 1.82) is 0 Å². The molecule has 0 spiro atoms. The maximum Gasteiger partial charge on any atom is 0.221 e. The molecular formula is C14H24N4O. The zero-order chi connectivity index (χ0) is 14.1. The molecule has 5 nitrogen and oxygen atoms in total. The van der Waals surface area contributed by atoms with Gasteiger partial charge in [0.05, 0.1) is 5.69 Å². The Bertz CT molecular complexity index is 395. The second-order valence-corrected chi connectivity index (χ2v) is 4.60. The molecular weight excluding hydrogens is 240 g/mol. The van der Waals surface area contributed by atoms with Gasteiger partial charge in [0, 0.05) is 33.1 Å². The number of carbonyl (C=O) groups excluding carboxylic acids is 1. The summed E-state index contributed by atoms with van der Waals surface area (Å²) in [5, 5.41) is 5.90. The SMILES string of the molecule is CCCNc1cccc(CN(C)CCC(=O)NC)n1. The number of hydrogen-bond donors (Lipinski definition) is 2. The van der Waals surface area contributed by atoms with Crippen LogP contribution in [-0.4, -0.2) is 43.0 Å². The predicted octanol–water partition coefficient (Wildman–Crippen LogP) is 1.47. The molecule has 0 fully saturated rings. The van der Waals surface area contributed by atoms with E-state index in [2.05, 4.69) is 27.4 Å². The first-order chi connectivity index (χ1) is 9.15. The van der Waals surface area contributed by atoms with Crippen LogP contribution in [0.25, 0.3) is 0 Å². The first kappa shape index (κ1) is 15.4. The third kappa shape index (κ3) is 6.20. The van der Waals surface area contributed by atoms with Gasteiger partial charge in [-0.1, -0.05) is 13.0 Å². The minimum absolute atomic E-state index is 0.0678. The van der Waals surface area contributed by atoms with Gasteiger partial charge in [0.15, 0.2) is 0 Å². The maximum atomic E-state index is 11.2. The Hall–Kier alpha value is -1.62. The fraction of sp³-hybridized carbons (Fsp3) is 0.571. The third-order valence-corrected chi connectivity index (χ3v) is 2.79. The molecule has 0 radical (unpaired) electrons. The minimum Gasteiger partial charge on any atom is -0.370 e. The van der Waals surface area contributed by atoms with Gasteiger partial charge in [-0.2, -0.15) is 0 Å². The maximum absolute atomic E-state index is 11.2. The molecule has 0 unspecified atom stereocenters. The number of amides is 1. The molecule has 1 aromatic heterocycles. The number of hydrogen-bond acceptors (Lipinski definition) is 4. The molecule has 0 saturated carbocycles. The fourth-order valence-electron chi connectivity index (χ4n) is 1.69. The molecule has 1 heterocycles. The van der Waals surface area contributed by atoms with E-state index in [1.807, 2.05) is 25.2 Å². The van der Waals surface area contributed by atoms with E-state index in [1.165, 1.54) is 0 Å². The molecule has 0 bridgehead atoms. The fourth-order valence-corrected chi connectivity index (χ4v) is 1.69. The Labute approximate surface area is 115 Å². The van der Waals surface area contributed by atoms with Crippen LogP contribution in [0.2, 0.25) is 0 Å². The van der Waals surface area contributed by atoms with Crippen molar-refractivity contribution in [3.8, 4) is 0 Å². The molecule has 1 amide bonds. The van der Waals surface area contributed by atoms with Crippen molar-refractivity contribution < 1.29 is 4.79 Å². The number of anilines is 1. The number of aromatic nitrogens is 1. The summed E-state index contributed by atoms with van der Waals surface area (Å²) in [6.45, 7) is 4.54. The lowest BCUT2D eigenvalue weighted by atomic mass is 10.3. The Kier molecular flexibility index (Phi) is 6.89. The van der Waals surface area contributed by atoms with Crippen molar-refractivity contribution >= 4 is 11.7 Å². The first-order valence-electron chi connectivity index (χ1n) is 6.74. The highest BCUT2D eigenvalue weighted by molar-refractivity contribution is 5.75. The van der Waals surface area contributed by atoms with Crippen LogP contribution in [0.1, 0.15) is 25.5 Å². The number of nitrogens with zero attached hydrogens (tertiary/aromatic N) is 2. The Morgan fingerprint density at radius 1 is 1.42 bits per heavy atom. The van der Waals surface area contributed by atoms with E-state index in [0.29, 0.717) is 6.42 Å². The van der Waals surface area contributed by atoms with Gasteiger partial charge in [0.2, 0.25) is 5.91 Å². The van der Waals surface area contributed by atoms with Crippen LogP contribution in [0.5, 0.6) is 0 Å². The molecule has 0 aromatic carbocycles. The Morgan fingerprint density at radius 3 is 2.89 bits per heavy atom. The van der Waals surface area contributed by atoms with E-state index in [1.54, 1.807) is 7.05 Å². The monoisotopic (exact) mass is 264 g/mol. The van der Waals surface area contributed by atoms with Crippen LogP contribution in [0.3, 0.4) is 0 Å². The average Bonchev–Trinajstić information content (AvgIpc) is 2.43. The van der Waals surface area contributed by atoms with Crippen molar-refractivity contribution in [2.45, 2.75) is 26.3 Å². The van der Waals surface area contributed by atoms with Gasteiger partial charge >= 0.3 is 0 Å². The van der Waals surface area contributed by atoms with Crippen LogP contribution < -0.4 is 10.6 Å². The van der Waals surface area contributed by atoms with Crippen LogP contribution >= 0.6 is 0 Å². The van der Waals surface area contributed by atoms with E-state index < -0.39 is 0 Å². The molecule has 1 aromatic rings. The first-order valence-corrected chi connectivity index (χ1v) is 6.74. The summed E-state index contributed by atoms with van der Waals surface area (Å²) in [7, 11) is 3.66. The zero-order valence-corrected chi connectivity index (χ0v) is 12.1. The summed E-state index contributed by atoms with van der Waals surface area (Å²) >= 11 is 0. The van der Waals surface area contributed by atoms with Crippen LogP contribution in [0, 0.1) is 0 Å². The van der Waals surface area contributed by atoms with E-state index in [0.717, 1.165) is 37.6 Å². The van der Waals surface area contributed by atoms with Gasteiger partial charge in [0.1, 0.15) is 5.82 Å². The molecule has 2 N–H and O–H groups in total. The second kappa shape index (κ2) is 8.48. The molecule has 1 rings (SSSR count). The highest BCUT2D eigenvalue weighted by Crippen LogP contribution is 2.07. The van der Waals surface area contributed by atoms with Crippen molar-refractivity contribution in [2.24, 2.45) is 0 Å². The predicted molar refractivity (Wildman–Crippen MR) is 78.0 cm³/mol. The van der Waals surface area contributed by atoms with Crippen molar-refractivity contribution in [3.05, 3.63) is 23.9 Å². The van der Waals surface area contributed by atoms with Gasteiger partial charge in [-0.3, -0.25) is 4.79 Å². The lowest BCUT2D eigenvalue weighted by molar-refractivity contribution is -0.120. The van der Waals surface area contributed by atoms with Crippen LogP contribution in [0.4, 0.5) is 5.82 Å². The Morgan fingerprint density at radius 2 is 2.21 bits per heavy atom. The van der Waals surface area contributed by atoms with Gasteiger partial charge < -0.3 is 15.5 Å². The van der Waals surface area contributed by atoms with E-state index in [4.69, 9.17) is 0 Å². The number of pyridine rings is 1. The van der Waals surface area contributed by atoms with Crippen molar-refractivity contribution in [2.75, 3.05) is 32.5 Å².